The lowest BCUT2D eigenvalue weighted by molar-refractivity contribution is 0.343. The standard InChI is InChI=1S/C18H26N4OS/c1-5-6-10-13(2)14(3)15(17-20-21-18(24)23-17)16(19-4)22-11-8-7-9-12-22/h5-6,10H,7-9,11-12H2,1-4H3,(H,21,24)/b6-5?,13-10+,15-14-,19-16?. The Labute approximate surface area is 148 Å². The van der Waals surface area contributed by atoms with Crippen LogP contribution in [0, 0.1) is 4.84 Å². The number of aromatic nitrogens is 2. The second kappa shape index (κ2) is 8.78. The van der Waals surface area contributed by atoms with Crippen molar-refractivity contribution in [1.82, 2.24) is 15.1 Å². The molecule has 2 heterocycles. The quantitative estimate of drug-likeness (QED) is 0.376. The number of H-pyrrole nitrogens is 1. The molecule has 130 valence electrons. The van der Waals surface area contributed by atoms with Crippen LogP contribution in [-0.4, -0.2) is 41.1 Å². The van der Waals surface area contributed by atoms with Crippen molar-refractivity contribution < 1.29 is 4.42 Å². The average molecular weight is 346 g/mol. The zero-order valence-electron chi connectivity index (χ0n) is 14.9. The molecule has 1 aliphatic heterocycles. The van der Waals surface area contributed by atoms with Crippen molar-refractivity contribution in [3.63, 3.8) is 0 Å². The number of amidine groups is 1. The molecule has 0 radical (unpaired) electrons. The van der Waals surface area contributed by atoms with Crippen molar-refractivity contribution in [3.05, 3.63) is 40.1 Å². The number of hydrogen-bond donors (Lipinski definition) is 1. The first-order valence-corrected chi connectivity index (χ1v) is 8.78. The highest BCUT2D eigenvalue weighted by Crippen LogP contribution is 2.27. The molecule has 0 bridgehead atoms. The van der Waals surface area contributed by atoms with Gasteiger partial charge in [0.1, 0.15) is 5.84 Å². The molecule has 1 aliphatic rings. The van der Waals surface area contributed by atoms with Gasteiger partial charge in [0.25, 0.3) is 10.7 Å². The zero-order chi connectivity index (χ0) is 17.5. The van der Waals surface area contributed by atoms with E-state index in [0.717, 1.165) is 35.6 Å². The molecule has 6 heteroatoms. The summed E-state index contributed by atoms with van der Waals surface area (Å²) in [5.41, 5.74) is 3.14. The van der Waals surface area contributed by atoms with Gasteiger partial charge in [0.2, 0.25) is 0 Å². The number of nitrogens with one attached hydrogen (secondary N) is 1. The van der Waals surface area contributed by atoms with E-state index in [0.29, 0.717) is 5.89 Å². The SMILES string of the molecule is CC=C/C=C(C)/C(C)=C(/C(=NC)N1CCCCC1)c1n[nH]c(=S)o1. The molecular weight excluding hydrogens is 320 g/mol. The molecule has 2 rings (SSSR count). The summed E-state index contributed by atoms with van der Waals surface area (Å²) >= 11 is 5.07. The maximum absolute atomic E-state index is 5.63. The molecule has 5 nitrogen and oxygen atoms in total. The number of rotatable bonds is 4. The van der Waals surface area contributed by atoms with Gasteiger partial charge < -0.3 is 9.32 Å². The molecule has 1 saturated heterocycles. The smallest absolute Gasteiger partial charge is 0.284 e. The Morgan fingerprint density at radius 2 is 2.00 bits per heavy atom. The Morgan fingerprint density at radius 1 is 1.29 bits per heavy atom. The van der Waals surface area contributed by atoms with Crippen molar-refractivity contribution in [1.29, 1.82) is 0 Å². The van der Waals surface area contributed by atoms with E-state index in [-0.39, 0.29) is 4.84 Å². The van der Waals surface area contributed by atoms with Gasteiger partial charge >= 0.3 is 0 Å². The third kappa shape index (κ3) is 4.32. The van der Waals surface area contributed by atoms with Crippen LogP contribution in [-0.2, 0) is 0 Å². The third-order valence-corrected chi connectivity index (χ3v) is 4.42. The van der Waals surface area contributed by atoms with E-state index in [2.05, 4.69) is 40.0 Å². The van der Waals surface area contributed by atoms with Crippen LogP contribution in [0.15, 0.2) is 38.8 Å². The largest absolute Gasteiger partial charge is 0.409 e. The highest BCUT2D eigenvalue weighted by Gasteiger charge is 2.24. The van der Waals surface area contributed by atoms with E-state index in [1.54, 1.807) is 0 Å². The van der Waals surface area contributed by atoms with Gasteiger partial charge in [-0.3, -0.25) is 4.99 Å². The minimum absolute atomic E-state index is 0.277. The summed E-state index contributed by atoms with van der Waals surface area (Å²) < 4.78 is 5.63. The lowest BCUT2D eigenvalue weighted by atomic mass is 9.99. The van der Waals surface area contributed by atoms with Crippen molar-refractivity contribution >= 4 is 23.6 Å². The third-order valence-electron chi connectivity index (χ3n) is 4.25. The van der Waals surface area contributed by atoms with Crippen LogP contribution >= 0.6 is 12.2 Å². The first-order chi connectivity index (χ1) is 11.6. The fourth-order valence-electron chi connectivity index (χ4n) is 2.84. The lowest BCUT2D eigenvalue weighted by Gasteiger charge is -2.30. The average Bonchev–Trinajstić information content (AvgIpc) is 3.03. The Kier molecular flexibility index (Phi) is 6.73. The van der Waals surface area contributed by atoms with Crippen LogP contribution in [0.25, 0.3) is 5.57 Å². The molecule has 0 unspecified atom stereocenters. The van der Waals surface area contributed by atoms with Gasteiger partial charge in [-0.2, -0.15) is 0 Å². The molecule has 0 aromatic carbocycles. The summed E-state index contributed by atoms with van der Waals surface area (Å²) in [5.74, 6) is 1.42. The Hall–Kier alpha value is -1.95. The molecule has 24 heavy (non-hydrogen) atoms. The van der Waals surface area contributed by atoms with Crippen LogP contribution in [0.1, 0.15) is 45.9 Å². The summed E-state index contributed by atoms with van der Waals surface area (Å²) in [4.78, 5) is 7.17. The summed E-state index contributed by atoms with van der Waals surface area (Å²) in [6.07, 6.45) is 9.76. The van der Waals surface area contributed by atoms with Gasteiger partial charge in [0, 0.05) is 20.1 Å². The fraction of sp³-hybridized carbons (Fsp3) is 0.500. The van der Waals surface area contributed by atoms with E-state index in [9.17, 15) is 0 Å². The molecule has 0 saturated carbocycles. The van der Waals surface area contributed by atoms with Crippen molar-refractivity contribution in [2.45, 2.75) is 40.0 Å². The van der Waals surface area contributed by atoms with Crippen LogP contribution in [0.5, 0.6) is 0 Å². The van der Waals surface area contributed by atoms with Gasteiger partial charge in [0.05, 0.1) is 5.57 Å². The fourth-order valence-corrected chi connectivity index (χ4v) is 2.96. The van der Waals surface area contributed by atoms with Crippen molar-refractivity contribution in [3.8, 4) is 0 Å². The molecule has 1 fully saturated rings. The van der Waals surface area contributed by atoms with Gasteiger partial charge in [0.15, 0.2) is 0 Å². The summed E-state index contributed by atoms with van der Waals surface area (Å²) in [6, 6.07) is 0. The monoisotopic (exact) mass is 346 g/mol. The molecule has 0 spiro atoms. The topological polar surface area (TPSA) is 57.4 Å². The van der Waals surface area contributed by atoms with E-state index < -0.39 is 0 Å². The number of piperidine rings is 1. The predicted molar refractivity (Wildman–Crippen MR) is 102 cm³/mol. The summed E-state index contributed by atoms with van der Waals surface area (Å²) in [7, 11) is 1.82. The highest BCUT2D eigenvalue weighted by atomic mass is 32.1. The lowest BCUT2D eigenvalue weighted by Crippen LogP contribution is -2.36. The second-order valence-electron chi connectivity index (χ2n) is 5.89. The van der Waals surface area contributed by atoms with Crippen LogP contribution in [0.2, 0.25) is 0 Å². The molecule has 1 aromatic rings. The predicted octanol–water partition coefficient (Wildman–Crippen LogP) is 4.54. The van der Waals surface area contributed by atoms with E-state index in [1.807, 2.05) is 26.1 Å². The van der Waals surface area contributed by atoms with E-state index in [4.69, 9.17) is 16.6 Å². The molecule has 0 aliphatic carbocycles. The number of likely N-dealkylation sites (tertiary alicyclic amines) is 1. The summed E-state index contributed by atoms with van der Waals surface area (Å²) in [5, 5.41) is 6.98. The van der Waals surface area contributed by atoms with E-state index >= 15 is 0 Å². The molecule has 0 atom stereocenters. The first-order valence-electron chi connectivity index (χ1n) is 8.37. The first kappa shape index (κ1) is 18.4. The Morgan fingerprint density at radius 3 is 2.54 bits per heavy atom. The molecule has 1 N–H and O–H groups in total. The number of aliphatic imine (C=N–C) groups is 1. The maximum atomic E-state index is 5.63. The second-order valence-corrected chi connectivity index (χ2v) is 6.26. The van der Waals surface area contributed by atoms with Gasteiger partial charge in [-0.1, -0.05) is 18.2 Å². The highest BCUT2D eigenvalue weighted by molar-refractivity contribution is 7.71. The molecule has 0 amide bonds. The number of hydrogen-bond acceptors (Lipinski definition) is 4. The van der Waals surface area contributed by atoms with Crippen molar-refractivity contribution in [2.24, 2.45) is 4.99 Å². The number of aromatic amines is 1. The maximum Gasteiger partial charge on any atom is 0.284 e. The molecular formula is C18H26N4OS. The van der Waals surface area contributed by atoms with Crippen LogP contribution in [0.3, 0.4) is 0 Å². The van der Waals surface area contributed by atoms with Crippen LogP contribution in [0.4, 0.5) is 0 Å². The number of nitrogens with zero attached hydrogens (tertiary/aromatic N) is 3. The Bertz CT molecular complexity index is 730. The van der Waals surface area contributed by atoms with Gasteiger partial charge in [-0.25, -0.2) is 5.10 Å². The summed E-state index contributed by atoms with van der Waals surface area (Å²) in [6.45, 7) is 8.18. The van der Waals surface area contributed by atoms with Gasteiger partial charge in [-0.15, -0.1) is 5.10 Å². The van der Waals surface area contributed by atoms with Crippen LogP contribution < -0.4 is 0 Å². The normalized spacial score (nSPS) is 18.2. The zero-order valence-corrected chi connectivity index (χ0v) is 15.7. The molecule has 1 aromatic heterocycles. The van der Waals surface area contributed by atoms with Crippen molar-refractivity contribution in [2.75, 3.05) is 20.1 Å². The van der Waals surface area contributed by atoms with E-state index in [1.165, 1.54) is 19.3 Å². The number of allylic oxidation sites excluding steroid dienone is 5. The van der Waals surface area contributed by atoms with Gasteiger partial charge in [-0.05, 0) is 63.4 Å². The minimum Gasteiger partial charge on any atom is -0.409 e. The Balaban J connectivity index is 2.55. The minimum atomic E-state index is 0.277.